The fourth-order valence-electron chi connectivity index (χ4n) is 6.27. The number of amides is 5. The van der Waals surface area contributed by atoms with Gasteiger partial charge in [0.25, 0.3) is 5.91 Å². The lowest BCUT2D eigenvalue weighted by atomic mass is 9.85. The lowest BCUT2D eigenvalue weighted by Gasteiger charge is -2.36. The molecule has 2 saturated carbocycles. The summed E-state index contributed by atoms with van der Waals surface area (Å²) in [5.41, 5.74) is -2.03. The predicted octanol–water partition coefficient (Wildman–Crippen LogP) is 3.31. The summed E-state index contributed by atoms with van der Waals surface area (Å²) in [7, 11) is -3.93. The zero-order valence-corrected chi connectivity index (χ0v) is 31.9. The third-order valence-electron chi connectivity index (χ3n) is 9.21. The second kappa shape index (κ2) is 14.5. The van der Waals surface area contributed by atoms with Gasteiger partial charge in [-0.15, -0.1) is 6.58 Å². The van der Waals surface area contributed by atoms with E-state index in [9.17, 15) is 32.4 Å². The van der Waals surface area contributed by atoms with Crippen molar-refractivity contribution >= 4 is 45.7 Å². The van der Waals surface area contributed by atoms with Gasteiger partial charge >= 0.3 is 12.2 Å². The van der Waals surface area contributed by atoms with Gasteiger partial charge in [-0.25, -0.2) is 22.7 Å². The molecule has 2 aromatic rings. The molecule has 3 fully saturated rings. The Labute approximate surface area is 309 Å². The van der Waals surface area contributed by atoms with Crippen LogP contribution in [0, 0.1) is 18.3 Å². The van der Waals surface area contributed by atoms with E-state index in [1.54, 1.807) is 54.5 Å². The summed E-state index contributed by atoms with van der Waals surface area (Å²) in [6.45, 7) is 15.5. The molecule has 3 aliphatic rings. The quantitative estimate of drug-likeness (QED) is 0.246. The van der Waals surface area contributed by atoms with Crippen molar-refractivity contribution in [2.24, 2.45) is 11.3 Å². The molecule has 17 heteroatoms. The number of nitrogens with one attached hydrogen (secondary N) is 4. The predicted molar refractivity (Wildman–Crippen MR) is 194 cm³/mol. The molecule has 0 spiro atoms. The standard InChI is InChI=1S/C36H49N7O9S/c1-9-22-19-36(22,31(46)41-53(49,50)25-15-16-25)39-29(44)26-18-24(20-42(26)30(45)28(34(3,4)5)38-33(48)52-35(6,7)8)51-32(47)37-27-17-21(2)40-43(27)23-13-11-10-12-14-23/h9-14,17,22,24-26,28H,1,15-16,18-20H2,2-8H3,(H,37,47)(H,38,48)(H,39,44)(H,41,46). The Morgan fingerprint density at radius 3 is 2.26 bits per heavy atom. The number of nitrogens with zero attached hydrogens (tertiary/aromatic N) is 3. The number of carbonyl (C=O) groups is 5. The van der Waals surface area contributed by atoms with Crippen molar-refractivity contribution < 1.29 is 41.9 Å². The number of benzene rings is 1. The highest BCUT2D eigenvalue weighted by molar-refractivity contribution is 7.91. The first-order valence-corrected chi connectivity index (χ1v) is 19.1. The number of aromatic nitrogens is 2. The van der Waals surface area contributed by atoms with Gasteiger partial charge in [0.05, 0.1) is 23.2 Å². The molecule has 5 amide bonds. The van der Waals surface area contributed by atoms with Gasteiger partial charge < -0.3 is 25.0 Å². The van der Waals surface area contributed by atoms with Crippen LogP contribution in [-0.4, -0.2) is 94.1 Å². The van der Waals surface area contributed by atoms with Gasteiger partial charge in [-0.1, -0.05) is 45.0 Å². The maximum absolute atomic E-state index is 14.4. The average molecular weight is 756 g/mol. The lowest BCUT2D eigenvalue weighted by molar-refractivity contribution is -0.143. The first-order chi connectivity index (χ1) is 24.6. The third-order valence-corrected chi connectivity index (χ3v) is 11.0. The van der Waals surface area contributed by atoms with Crippen LogP contribution in [0.15, 0.2) is 49.1 Å². The fraction of sp³-hybridized carbons (Fsp3) is 0.556. The maximum atomic E-state index is 14.4. The second-order valence-electron chi connectivity index (χ2n) is 15.9. The van der Waals surface area contributed by atoms with Gasteiger partial charge in [-0.2, -0.15) is 5.10 Å². The summed E-state index contributed by atoms with van der Waals surface area (Å²) < 4.78 is 40.1. The SMILES string of the molecule is C=CC1CC1(NC(=O)C1CC(OC(=O)Nc2cc(C)nn2-c2ccccc2)CN1C(=O)C(NC(=O)OC(C)(C)C)C(C)(C)C)C(=O)NS(=O)(=O)C1CC1. The van der Waals surface area contributed by atoms with Crippen molar-refractivity contribution in [3.8, 4) is 5.69 Å². The number of hydrogen-bond acceptors (Lipinski definition) is 10. The number of sulfonamides is 1. The van der Waals surface area contributed by atoms with Gasteiger partial charge in [-0.3, -0.25) is 24.4 Å². The second-order valence-corrected chi connectivity index (χ2v) is 17.9. The normalized spacial score (nSPS) is 23.3. The fourth-order valence-corrected chi connectivity index (χ4v) is 7.64. The summed E-state index contributed by atoms with van der Waals surface area (Å²) in [6.07, 6.45) is -0.459. The van der Waals surface area contributed by atoms with Crippen molar-refractivity contribution in [2.75, 3.05) is 11.9 Å². The van der Waals surface area contributed by atoms with Crippen LogP contribution in [0.25, 0.3) is 5.69 Å². The Morgan fingerprint density at radius 2 is 1.70 bits per heavy atom. The molecule has 5 atom stereocenters. The summed E-state index contributed by atoms with van der Waals surface area (Å²) in [4.78, 5) is 69.4. The molecule has 1 saturated heterocycles. The van der Waals surface area contributed by atoms with Gasteiger partial charge in [0, 0.05) is 18.4 Å². The number of likely N-dealkylation sites (tertiary alicyclic amines) is 1. The van der Waals surface area contributed by atoms with E-state index in [1.807, 2.05) is 30.3 Å². The number of alkyl carbamates (subject to hydrolysis) is 1. The van der Waals surface area contributed by atoms with Crippen molar-refractivity contribution in [3.05, 3.63) is 54.7 Å². The van der Waals surface area contributed by atoms with E-state index in [1.165, 1.54) is 15.7 Å². The molecule has 1 aromatic carbocycles. The van der Waals surface area contributed by atoms with Gasteiger partial charge in [0.2, 0.25) is 21.8 Å². The molecule has 4 N–H and O–H groups in total. The Bertz CT molecular complexity index is 1880. The van der Waals surface area contributed by atoms with Crippen LogP contribution in [0.1, 0.15) is 72.9 Å². The maximum Gasteiger partial charge on any atom is 0.413 e. The molecule has 5 unspecified atom stereocenters. The van der Waals surface area contributed by atoms with Crippen molar-refractivity contribution in [3.63, 3.8) is 0 Å². The molecular weight excluding hydrogens is 707 g/mol. The van der Waals surface area contributed by atoms with Crippen LogP contribution < -0.4 is 20.7 Å². The number of anilines is 1. The van der Waals surface area contributed by atoms with Crippen LogP contribution in [0.3, 0.4) is 0 Å². The minimum atomic E-state index is -3.93. The zero-order valence-electron chi connectivity index (χ0n) is 31.1. The number of rotatable bonds is 11. The van der Waals surface area contributed by atoms with Gasteiger partial charge in [0.1, 0.15) is 35.1 Å². The lowest BCUT2D eigenvalue weighted by Crippen LogP contribution is -2.60. The molecule has 5 rings (SSSR count). The number of aryl methyl sites for hydroxylation is 1. The summed E-state index contributed by atoms with van der Waals surface area (Å²) in [5, 5.41) is 11.8. The van der Waals surface area contributed by atoms with E-state index < -0.39 is 85.8 Å². The smallest absolute Gasteiger partial charge is 0.413 e. The number of ether oxygens (including phenoxy) is 2. The van der Waals surface area contributed by atoms with E-state index in [0.717, 1.165) is 0 Å². The van der Waals surface area contributed by atoms with E-state index in [2.05, 4.69) is 32.4 Å². The molecular formula is C36H49N7O9S. The number of para-hydroxylation sites is 1. The Morgan fingerprint density at radius 1 is 1.04 bits per heavy atom. The van der Waals surface area contributed by atoms with E-state index in [4.69, 9.17) is 9.47 Å². The highest BCUT2D eigenvalue weighted by Gasteiger charge is 2.62. The van der Waals surface area contributed by atoms with E-state index >= 15 is 0 Å². The highest BCUT2D eigenvalue weighted by atomic mass is 32.2. The zero-order chi connectivity index (χ0) is 39.1. The summed E-state index contributed by atoms with van der Waals surface area (Å²) >= 11 is 0. The third kappa shape index (κ3) is 9.18. The van der Waals surface area contributed by atoms with Crippen LogP contribution in [0.5, 0.6) is 0 Å². The Kier molecular flexibility index (Phi) is 10.7. The van der Waals surface area contributed by atoms with Crippen LogP contribution >= 0.6 is 0 Å². The Hall–Kier alpha value is -4.93. The van der Waals surface area contributed by atoms with Gasteiger partial charge in [-0.05, 0) is 64.5 Å². The molecule has 2 heterocycles. The monoisotopic (exact) mass is 755 g/mol. The first-order valence-electron chi connectivity index (χ1n) is 17.5. The van der Waals surface area contributed by atoms with Crippen molar-refractivity contribution in [1.29, 1.82) is 0 Å². The minimum Gasteiger partial charge on any atom is -0.444 e. The van der Waals surface area contributed by atoms with E-state index in [-0.39, 0.29) is 19.4 Å². The number of carbonyl (C=O) groups excluding carboxylic acids is 5. The summed E-state index contributed by atoms with van der Waals surface area (Å²) in [5.74, 6) is -2.56. The average Bonchev–Trinajstić information content (AvgIpc) is 3.95. The van der Waals surface area contributed by atoms with Crippen LogP contribution in [0.2, 0.25) is 0 Å². The molecule has 1 aliphatic heterocycles. The molecule has 16 nitrogen and oxygen atoms in total. The largest absolute Gasteiger partial charge is 0.444 e. The van der Waals surface area contributed by atoms with Crippen LogP contribution in [-0.2, 0) is 33.9 Å². The summed E-state index contributed by atoms with van der Waals surface area (Å²) in [6, 6.07) is 8.31. The molecule has 53 heavy (non-hydrogen) atoms. The Balaban J connectivity index is 1.39. The van der Waals surface area contributed by atoms with Gasteiger partial charge in [0.15, 0.2) is 0 Å². The molecule has 0 bridgehead atoms. The van der Waals surface area contributed by atoms with E-state index in [0.29, 0.717) is 30.0 Å². The number of hydrogen-bond donors (Lipinski definition) is 4. The van der Waals surface area contributed by atoms with Crippen molar-refractivity contribution in [2.45, 2.75) is 109 Å². The topological polar surface area (TPSA) is 207 Å². The minimum absolute atomic E-state index is 0.0938. The first kappa shape index (κ1) is 39.3. The molecule has 2 aliphatic carbocycles. The molecule has 0 radical (unpaired) electrons. The van der Waals surface area contributed by atoms with Crippen LogP contribution in [0.4, 0.5) is 15.4 Å². The molecule has 288 valence electrons. The highest BCUT2D eigenvalue weighted by Crippen LogP contribution is 2.45. The van der Waals surface area contributed by atoms with Crippen molar-refractivity contribution in [1.82, 2.24) is 30.0 Å². The molecule has 1 aromatic heterocycles.